The van der Waals surface area contributed by atoms with E-state index in [-0.39, 0.29) is 11.6 Å². The first-order valence-electron chi connectivity index (χ1n) is 5.52. The maximum atomic E-state index is 12.6. The van der Waals surface area contributed by atoms with Crippen LogP contribution in [0.5, 0.6) is 0 Å². The van der Waals surface area contributed by atoms with Crippen LogP contribution in [0, 0.1) is 0 Å². The minimum atomic E-state index is -4.45. The highest BCUT2D eigenvalue weighted by Gasteiger charge is 2.33. The van der Waals surface area contributed by atoms with Crippen molar-refractivity contribution in [2.45, 2.75) is 12.7 Å². The van der Waals surface area contributed by atoms with Crippen molar-refractivity contribution in [1.82, 2.24) is 0 Å². The predicted octanol–water partition coefficient (Wildman–Crippen LogP) is 5.58. The van der Waals surface area contributed by atoms with Crippen LogP contribution in [0.3, 0.4) is 0 Å². The second-order valence-corrected chi connectivity index (χ2v) is 4.48. The van der Waals surface area contributed by atoms with E-state index < -0.39 is 11.7 Å². The van der Waals surface area contributed by atoms with Gasteiger partial charge < -0.3 is 5.73 Å². The van der Waals surface area contributed by atoms with E-state index in [0.29, 0.717) is 5.56 Å². The van der Waals surface area contributed by atoms with E-state index in [1.54, 1.807) is 24.3 Å². The molecule has 0 heterocycles. The zero-order valence-corrected chi connectivity index (χ0v) is 10.5. The molecular formula is C14H10ClF3N-. The molecule has 0 aliphatic carbocycles. The summed E-state index contributed by atoms with van der Waals surface area (Å²) in [6.07, 6.45) is -4.45. The molecule has 19 heavy (non-hydrogen) atoms. The molecule has 5 heteroatoms. The first kappa shape index (κ1) is 13.9. The summed E-state index contributed by atoms with van der Waals surface area (Å²) in [5.74, 6) is 0. The molecule has 0 atom stereocenters. The van der Waals surface area contributed by atoms with Crippen LogP contribution in [-0.2, 0) is 12.7 Å². The second kappa shape index (κ2) is 5.23. The van der Waals surface area contributed by atoms with Gasteiger partial charge in [-0.2, -0.15) is 13.2 Å². The average Bonchev–Trinajstić information content (AvgIpc) is 2.37. The van der Waals surface area contributed by atoms with Crippen molar-refractivity contribution in [2.75, 3.05) is 0 Å². The summed E-state index contributed by atoms with van der Waals surface area (Å²) in [6.45, 7) is 0.127. The van der Waals surface area contributed by atoms with Gasteiger partial charge in [0.25, 0.3) is 0 Å². The minimum absolute atomic E-state index is 0.127. The predicted molar refractivity (Wildman–Crippen MR) is 69.9 cm³/mol. The molecule has 0 saturated heterocycles. The molecule has 0 fully saturated rings. The van der Waals surface area contributed by atoms with Crippen molar-refractivity contribution < 1.29 is 13.2 Å². The fourth-order valence-corrected chi connectivity index (χ4v) is 2.07. The van der Waals surface area contributed by atoms with Gasteiger partial charge in [-0.05, 0) is 23.3 Å². The number of hydrogen-bond acceptors (Lipinski definition) is 0. The second-order valence-electron chi connectivity index (χ2n) is 4.07. The van der Waals surface area contributed by atoms with Crippen molar-refractivity contribution >= 4 is 11.6 Å². The van der Waals surface area contributed by atoms with Crippen molar-refractivity contribution in [3.05, 3.63) is 64.3 Å². The first-order valence-corrected chi connectivity index (χ1v) is 5.90. The molecule has 2 aromatic carbocycles. The monoisotopic (exact) mass is 284 g/mol. The lowest BCUT2D eigenvalue weighted by Gasteiger charge is -2.11. The van der Waals surface area contributed by atoms with Gasteiger partial charge in [0, 0.05) is 0 Å². The summed E-state index contributed by atoms with van der Waals surface area (Å²) in [5.41, 5.74) is 8.60. The molecule has 0 unspecified atom stereocenters. The van der Waals surface area contributed by atoms with Gasteiger partial charge in [-0.15, -0.1) is 6.54 Å². The Kier molecular flexibility index (Phi) is 3.83. The summed E-state index contributed by atoms with van der Waals surface area (Å²) >= 11 is 5.68. The van der Waals surface area contributed by atoms with Crippen molar-refractivity contribution in [1.29, 1.82) is 0 Å². The van der Waals surface area contributed by atoms with Gasteiger partial charge in [-0.1, -0.05) is 47.5 Å². The van der Waals surface area contributed by atoms with Gasteiger partial charge in [-0.3, -0.25) is 0 Å². The van der Waals surface area contributed by atoms with Crippen molar-refractivity contribution in [2.24, 2.45) is 0 Å². The molecule has 2 rings (SSSR count). The molecule has 1 nitrogen and oxygen atoms in total. The molecule has 0 aliphatic rings. The Morgan fingerprint density at radius 1 is 1.00 bits per heavy atom. The number of rotatable bonds is 2. The van der Waals surface area contributed by atoms with Crippen LogP contribution in [0.4, 0.5) is 13.2 Å². The molecule has 0 saturated carbocycles. The third-order valence-corrected chi connectivity index (χ3v) is 3.05. The lowest BCUT2D eigenvalue weighted by Crippen LogP contribution is -2.05. The van der Waals surface area contributed by atoms with Gasteiger partial charge in [0.15, 0.2) is 0 Å². The lowest BCUT2D eigenvalue weighted by molar-refractivity contribution is -0.137. The number of halogens is 4. The summed E-state index contributed by atoms with van der Waals surface area (Å²) < 4.78 is 37.8. The Bertz CT molecular complexity index is 593. The molecular weight excluding hydrogens is 275 g/mol. The Balaban J connectivity index is 2.44. The molecule has 0 spiro atoms. The van der Waals surface area contributed by atoms with Crippen LogP contribution in [0.15, 0.2) is 42.5 Å². The normalized spacial score (nSPS) is 11.6. The van der Waals surface area contributed by atoms with Crippen LogP contribution in [0.25, 0.3) is 16.9 Å². The maximum Gasteiger partial charge on any atom is 0.417 e. The highest BCUT2D eigenvalue weighted by Crippen LogP contribution is 2.36. The molecule has 1 N–H and O–H groups in total. The van der Waals surface area contributed by atoms with Gasteiger partial charge in [0.1, 0.15) is 0 Å². The number of hydrogen-bond donors (Lipinski definition) is 0. The third kappa shape index (κ3) is 3.08. The third-order valence-electron chi connectivity index (χ3n) is 2.74. The average molecular weight is 285 g/mol. The maximum absolute atomic E-state index is 12.6. The van der Waals surface area contributed by atoms with E-state index in [1.807, 2.05) is 0 Å². The number of nitrogens with one attached hydrogen (secondary N) is 1. The van der Waals surface area contributed by atoms with Crippen LogP contribution in [-0.4, -0.2) is 0 Å². The Morgan fingerprint density at radius 3 is 2.26 bits per heavy atom. The van der Waals surface area contributed by atoms with Crippen LogP contribution < -0.4 is 0 Å². The zero-order chi connectivity index (χ0) is 14.0. The topological polar surface area (TPSA) is 23.8 Å². The fraction of sp³-hybridized carbons (Fsp3) is 0.143. The molecule has 0 bridgehead atoms. The number of benzene rings is 2. The smallest absolute Gasteiger partial charge is 0.417 e. The lowest BCUT2D eigenvalue weighted by atomic mass is 10.0. The molecule has 0 aliphatic heterocycles. The molecule has 0 amide bonds. The van der Waals surface area contributed by atoms with E-state index in [2.05, 4.69) is 0 Å². The number of alkyl halides is 3. The van der Waals surface area contributed by atoms with Gasteiger partial charge >= 0.3 is 6.18 Å². The fourth-order valence-electron chi connectivity index (χ4n) is 1.79. The van der Waals surface area contributed by atoms with E-state index in [0.717, 1.165) is 17.2 Å². The standard InChI is InChI=1S/C14H10ClF3N/c15-13-7-11(4-5-12(13)14(16,17)18)10-3-1-2-9(6-10)8-19/h1-7,19H,8H2/q-1. The van der Waals surface area contributed by atoms with Crippen LogP contribution in [0.2, 0.25) is 5.02 Å². The minimum Gasteiger partial charge on any atom is -0.674 e. The van der Waals surface area contributed by atoms with Crippen molar-refractivity contribution in [3.63, 3.8) is 0 Å². The van der Waals surface area contributed by atoms with E-state index in [4.69, 9.17) is 17.3 Å². The summed E-state index contributed by atoms with van der Waals surface area (Å²) in [5, 5.41) is -0.318. The molecule has 100 valence electrons. The largest absolute Gasteiger partial charge is 0.674 e. The summed E-state index contributed by atoms with van der Waals surface area (Å²) in [6, 6.07) is 10.8. The Hall–Kier alpha value is -1.52. The van der Waals surface area contributed by atoms with Crippen LogP contribution >= 0.6 is 11.6 Å². The molecule has 2 aromatic rings. The molecule has 0 radical (unpaired) electrons. The highest BCUT2D eigenvalue weighted by atomic mass is 35.5. The Morgan fingerprint density at radius 2 is 1.68 bits per heavy atom. The zero-order valence-electron chi connectivity index (χ0n) is 9.76. The van der Waals surface area contributed by atoms with Gasteiger partial charge in [0.2, 0.25) is 0 Å². The van der Waals surface area contributed by atoms with Crippen molar-refractivity contribution in [3.8, 4) is 11.1 Å². The van der Waals surface area contributed by atoms with Crippen LogP contribution in [0.1, 0.15) is 11.1 Å². The summed E-state index contributed by atoms with van der Waals surface area (Å²) in [4.78, 5) is 0. The highest BCUT2D eigenvalue weighted by molar-refractivity contribution is 6.31. The SMILES string of the molecule is [NH-]Cc1cccc(-c2ccc(C(F)(F)F)c(Cl)c2)c1. The Labute approximate surface area is 113 Å². The molecule has 0 aromatic heterocycles. The van der Waals surface area contributed by atoms with Gasteiger partial charge in [-0.25, -0.2) is 0 Å². The summed E-state index contributed by atoms with van der Waals surface area (Å²) in [7, 11) is 0. The van der Waals surface area contributed by atoms with E-state index >= 15 is 0 Å². The van der Waals surface area contributed by atoms with E-state index in [1.165, 1.54) is 12.1 Å². The van der Waals surface area contributed by atoms with E-state index in [9.17, 15) is 13.2 Å². The van der Waals surface area contributed by atoms with Gasteiger partial charge in [0.05, 0.1) is 10.6 Å². The first-order chi connectivity index (χ1) is 8.91. The quantitative estimate of drug-likeness (QED) is 0.687.